The van der Waals surface area contributed by atoms with Gasteiger partial charge in [0, 0.05) is 0 Å². The van der Waals surface area contributed by atoms with Gasteiger partial charge in [-0.15, -0.1) is 0 Å². The molecule has 88 valence electrons. The summed E-state index contributed by atoms with van der Waals surface area (Å²) in [7, 11) is 0. The molecule has 1 aromatic rings. The Bertz CT molecular complexity index is 358. The summed E-state index contributed by atoms with van der Waals surface area (Å²) < 4.78 is 51.6. The van der Waals surface area contributed by atoms with E-state index >= 15 is 0 Å². The summed E-state index contributed by atoms with van der Waals surface area (Å²) in [6.07, 6.45) is 1.12. The maximum absolute atomic E-state index is 13.0. The van der Waals surface area contributed by atoms with Gasteiger partial charge < -0.3 is 0 Å². The normalized spacial score (nSPS) is 25.8. The van der Waals surface area contributed by atoms with E-state index in [9.17, 15) is 17.6 Å². The second kappa shape index (κ2) is 4.44. The number of hydrogen-bond acceptors (Lipinski definition) is 0. The zero-order valence-corrected chi connectivity index (χ0v) is 8.65. The molecule has 0 bridgehead atoms. The van der Waals surface area contributed by atoms with Crippen molar-refractivity contribution in [3.05, 3.63) is 35.1 Å². The monoisotopic (exact) mass is 232 g/mol. The van der Waals surface area contributed by atoms with Gasteiger partial charge in [0.05, 0.1) is 0 Å². The van der Waals surface area contributed by atoms with Crippen molar-refractivity contribution in [3.63, 3.8) is 0 Å². The van der Waals surface area contributed by atoms with Gasteiger partial charge in [0.1, 0.15) is 6.17 Å². The van der Waals surface area contributed by atoms with Crippen molar-refractivity contribution in [2.45, 2.75) is 37.8 Å². The van der Waals surface area contributed by atoms with Crippen LogP contribution in [0.15, 0.2) is 12.1 Å². The molecule has 0 atom stereocenters. The first-order valence-electron chi connectivity index (χ1n) is 5.36. The molecule has 0 radical (unpaired) electrons. The molecular weight excluding hydrogens is 220 g/mol. The van der Waals surface area contributed by atoms with E-state index < -0.39 is 23.6 Å². The molecule has 16 heavy (non-hydrogen) atoms. The first-order valence-corrected chi connectivity index (χ1v) is 5.36. The van der Waals surface area contributed by atoms with Gasteiger partial charge in [-0.1, -0.05) is 0 Å². The number of benzene rings is 1. The molecule has 0 aromatic heterocycles. The number of hydrogen-bond donors (Lipinski definition) is 0. The third-order valence-electron chi connectivity index (χ3n) is 3.13. The Morgan fingerprint density at radius 1 is 0.875 bits per heavy atom. The summed E-state index contributed by atoms with van der Waals surface area (Å²) in [6, 6.07) is 2.03. The number of alkyl halides is 1. The minimum Gasteiger partial charge on any atom is -0.247 e. The third kappa shape index (κ3) is 2.20. The van der Waals surface area contributed by atoms with Crippen LogP contribution >= 0.6 is 0 Å². The van der Waals surface area contributed by atoms with Gasteiger partial charge in [0.25, 0.3) is 0 Å². The van der Waals surface area contributed by atoms with E-state index in [-0.39, 0.29) is 5.92 Å². The van der Waals surface area contributed by atoms with Crippen LogP contribution in [-0.2, 0) is 0 Å². The molecule has 1 aromatic carbocycles. The summed E-state index contributed by atoms with van der Waals surface area (Å²) in [5, 5.41) is 0. The molecule has 0 amide bonds. The van der Waals surface area contributed by atoms with Gasteiger partial charge in [-0.3, -0.25) is 0 Å². The SMILES string of the molecule is Fc1cc(C2CCC(F)CC2)cc(F)c1F. The van der Waals surface area contributed by atoms with Crippen molar-refractivity contribution < 1.29 is 17.6 Å². The van der Waals surface area contributed by atoms with Gasteiger partial charge >= 0.3 is 0 Å². The van der Waals surface area contributed by atoms with Gasteiger partial charge in [-0.2, -0.15) is 0 Å². The van der Waals surface area contributed by atoms with Crippen LogP contribution < -0.4 is 0 Å². The Morgan fingerprint density at radius 2 is 1.38 bits per heavy atom. The highest BCUT2D eigenvalue weighted by Crippen LogP contribution is 2.34. The van der Waals surface area contributed by atoms with Crippen LogP contribution in [0.25, 0.3) is 0 Å². The van der Waals surface area contributed by atoms with E-state index in [1.54, 1.807) is 0 Å². The average Bonchev–Trinajstić information content (AvgIpc) is 2.26. The zero-order valence-electron chi connectivity index (χ0n) is 8.65. The highest BCUT2D eigenvalue weighted by atomic mass is 19.2. The Morgan fingerprint density at radius 3 is 1.88 bits per heavy atom. The predicted octanol–water partition coefficient (Wildman–Crippen LogP) is 4.10. The Labute approximate surface area is 91.3 Å². The second-order valence-electron chi connectivity index (χ2n) is 4.25. The first-order chi connectivity index (χ1) is 7.58. The minimum absolute atomic E-state index is 0.0587. The Balaban J connectivity index is 2.21. The fourth-order valence-electron chi connectivity index (χ4n) is 2.20. The van der Waals surface area contributed by atoms with Crippen molar-refractivity contribution in [2.75, 3.05) is 0 Å². The predicted molar refractivity (Wildman–Crippen MR) is 52.4 cm³/mol. The molecule has 1 saturated carbocycles. The molecular formula is C12H12F4. The molecule has 0 spiro atoms. The quantitative estimate of drug-likeness (QED) is 0.505. The largest absolute Gasteiger partial charge is 0.247 e. The summed E-state index contributed by atoms with van der Waals surface area (Å²) in [5.74, 6) is -3.84. The molecule has 0 N–H and O–H groups in total. The molecule has 0 heterocycles. The van der Waals surface area contributed by atoms with Crippen molar-refractivity contribution >= 4 is 0 Å². The summed E-state index contributed by atoms with van der Waals surface area (Å²) in [4.78, 5) is 0. The van der Waals surface area contributed by atoms with Crippen LogP contribution in [0.5, 0.6) is 0 Å². The van der Waals surface area contributed by atoms with Gasteiger partial charge in [-0.05, 0) is 49.3 Å². The Hall–Kier alpha value is -1.06. The van der Waals surface area contributed by atoms with Gasteiger partial charge in [0.15, 0.2) is 17.5 Å². The van der Waals surface area contributed by atoms with E-state index in [0.717, 1.165) is 12.1 Å². The lowest BCUT2D eigenvalue weighted by Crippen LogP contribution is -2.14. The smallest absolute Gasteiger partial charge is 0.194 e. The molecule has 4 heteroatoms. The lowest BCUT2D eigenvalue weighted by molar-refractivity contribution is 0.235. The van der Waals surface area contributed by atoms with Gasteiger partial charge in [-0.25, -0.2) is 17.6 Å². The summed E-state index contributed by atoms with van der Waals surface area (Å²) in [5.41, 5.74) is 0.434. The highest BCUT2D eigenvalue weighted by Gasteiger charge is 2.23. The number of rotatable bonds is 1. The maximum atomic E-state index is 13.0. The van der Waals surface area contributed by atoms with Crippen LogP contribution in [0.4, 0.5) is 17.6 Å². The molecule has 0 aliphatic heterocycles. The van der Waals surface area contributed by atoms with Crippen LogP contribution in [-0.4, -0.2) is 6.17 Å². The summed E-state index contributed by atoms with van der Waals surface area (Å²) >= 11 is 0. The van der Waals surface area contributed by atoms with Crippen LogP contribution in [0.3, 0.4) is 0 Å². The van der Waals surface area contributed by atoms with Crippen LogP contribution in [0.1, 0.15) is 37.2 Å². The molecule has 2 rings (SSSR count). The molecule has 0 unspecified atom stereocenters. The van der Waals surface area contributed by atoms with Crippen molar-refractivity contribution in [1.29, 1.82) is 0 Å². The number of halogens is 4. The Kier molecular flexibility index (Phi) is 3.17. The lowest BCUT2D eigenvalue weighted by Gasteiger charge is -2.24. The van der Waals surface area contributed by atoms with E-state index in [1.165, 1.54) is 0 Å². The second-order valence-corrected chi connectivity index (χ2v) is 4.25. The highest BCUT2D eigenvalue weighted by molar-refractivity contribution is 5.23. The average molecular weight is 232 g/mol. The summed E-state index contributed by atoms with van der Waals surface area (Å²) in [6.45, 7) is 0. The third-order valence-corrected chi connectivity index (χ3v) is 3.13. The fourth-order valence-corrected chi connectivity index (χ4v) is 2.20. The lowest BCUT2D eigenvalue weighted by atomic mass is 9.83. The van der Waals surface area contributed by atoms with Crippen LogP contribution in [0, 0.1) is 17.5 Å². The van der Waals surface area contributed by atoms with Crippen molar-refractivity contribution in [1.82, 2.24) is 0 Å². The standard InChI is InChI=1S/C12H12F4/c13-9-3-1-7(2-4-9)8-5-10(14)12(16)11(15)6-8/h5-7,9H,1-4H2. The maximum Gasteiger partial charge on any atom is 0.194 e. The van der Waals surface area contributed by atoms with Crippen molar-refractivity contribution in [2.24, 2.45) is 0 Å². The molecule has 0 nitrogen and oxygen atoms in total. The van der Waals surface area contributed by atoms with E-state index in [0.29, 0.717) is 31.2 Å². The molecule has 1 fully saturated rings. The fraction of sp³-hybridized carbons (Fsp3) is 0.500. The van der Waals surface area contributed by atoms with E-state index in [2.05, 4.69) is 0 Å². The van der Waals surface area contributed by atoms with Gasteiger partial charge in [0.2, 0.25) is 0 Å². The molecule has 0 saturated heterocycles. The topological polar surface area (TPSA) is 0 Å². The van der Waals surface area contributed by atoms with E-state index in [1.807, 2.05) is 0 Å². The van der Waals surface area contributed by atoms with Crippen molar-refractivity contribution in [3.8, 4) is 0 Å². The van der Waals surface area contributed by atoms with Crippen LogP contribution in [0.2, 0.25) is 0 Å². The minimum atomic E-state index is -1.44. The van der Waals surface area contributed by atoms with E-state index in [4.69, 9.17) is 0 Å². The zero-order chi connectivity index (χ0) is 11.7. The molecule has 1 aliphatic rings. The first kappa shape index (κ1) is 11.4. The molecule has 1 aliphatic carbocycles.